The number of phenolic OH excluding ortho intramolecular Hbond substituents is 1. The summed E-state index contributed by atoms with van der Waals surface area (Å²) in [4.78, 5) is 16.1. The Kier molecular flexibility index (Phi) is 5.16. The molecule has 0 fully saturated rings. The molecule has 3 aromatic rings. The number of carbonyl (C=O) groups is 1. The minimum absolute atomic E-state index is 0.187. The lowest BCUT2D eigenvalue weighted by atomic mass is 10.2. The van der Waals surface area contributed by atoms with Gasteiger partial charge in [-0.25, -0.2) is 4.98 Å². The summed E-state index contributed by atoms with van der Waals surface area (Å²) in [6.45, 7) is 0.618. The van der Waals surface area contributed by atoms with Crippen molar-refractivity contribution in [2.45, 2.75) is 6.54 Å². The first-order valence-electron chi connectivity index (χ1n) is 7.63. The molecule has 2 N–H and O–H groups in total. The van der Waals surface area contributed by atoms with Crippen LogP contribution in [0.1, 0.15) is 11.1 Å². The van der Waals surface area contributed by atoms with E-state index in [1.807, 2.05) is 28.8 Å². The fourth-order valence-corrected chi connectivity index (χ4v) is 2.50. The highest BCUT2D eigenvalue weighted by Crippen LogP contribution is 2.13. The van der Waals surface area contributed by atoms with E-state index in [2.05, 4.69) is 10.3 Å². The lowest BCUT2D eigenvalue weighted by Gasteiger charge is -2.02. The van der Waals surface area contributed by atoms with Crippen LogP contribution in [-0.2, 0) is 11.3 Å². The molecule has 1 aromatic heterocycles. The van der Waals surface area contributed by atoms with Crippen LogP contribution in [0.3, 0.4) is 0 Å². The number of hydrogen-bond acceptors (Lipinski definition) is 3. The molecule has 3 rings (SSSR count). The molecule has 0 aliphatic heterocycles. The summed E-state index contributed by atoms with van der Waals surface area (Å²) in [5.74, 6) is 0.385. The van der Waals surface area contributed by atoms with Gasteiger partial charge in [0.05, 0.1) is 6.33 Å². The number of carbonyl (C=O) groups excluding carboxylic acids is 1. The van der Waals surface area contributed by atoms with Crippen LogP contribution in [0.5, 0.6) is 5.75 Å². The molecule has 1 heterocycles. The molecule has 0 saturated heterocycles. The molecule has 0 saturated carbocycles. The van der Waals surface area contributed by atoms with Crippen LogP contribution in [0.4, 0.5) is 5.82 Å². The number of rotatable bonds is 5. The number of nitrogens with zero attached hydrogens (tertiary/aromatic N) is 2. The number of aromatic hydroxyl groups is 1. The van der Waals surface area contributed by atoms with Gasteiger partial charge in [-0.05, 0) is 41.5 Å². The van der Waals surface area contributed by atoms with Crippen LogP contribution in [-0.4, -0.2) is 20.6 Å². The largest absolute Gasteiger partial charge is 0.508 e. The molecule has 0 aliphatic carbocycles. The maximum Gasteiger partial charge on any atom is 0.249 e. The lowest BCUT2D eigenvalue weighted by molar-refractivity contribution is -0.111. The van der Waals surface area contributed by atoms with E-state index in [4.69, 9.17) is 11.6 Å². The Bertz CT molecular complexity index is 901. The van der Waals surface area contributed by atoms with Crippen molar-refractivity contribution in [1.29, 1.82) is 0 Å². The van der Waals surface area contributed by atoms with Crippen molar-refractivity contribution in [3.63, 3.8) is 0 Å². The maximum absolute atomic E-state index is 12.0. The number of anilines is 1. The summed E-state index contributed by atoms with van der Waals surface area (Å²) in [7, 11) is 0. The van der Waals surface area contributed by atoms with Gasteiger partial charge >= 0.3 is 0 Å². The molecule has 1 amide bonds. The van der Waals surface area contributed by atoms with Gasteiger partial charge in [-0.2, -0.15) is 0 Å². The zero-order valence-electron chi connectivity index (χ0n) is 13.3. The quantitative estimate of drug-likeness (QED) is 0.683. The third-order valence-electron chi connectivity index (χ3n) is 3.46. The first-order chi connectivity index (χ1) is 12.1. The molecule has 0 unspecified atom stereocenters. The van der Waals surface area contributed by atoms with Crippen molar-refractivity contribution in [3.8, 4) is 5.75 Å². The van der Waals surface area contributed by atoms with E-state index in [0.29, 0.717) is 17.4 Å². The zero-order valence-corrected chi connectivity index (χ0v) is 14.0. The molecule has 6 heteroatoms. The highest BCUT2D eigenvalue weighted by molar-refractivity contribution is 6.30. The molecule has 126 valence electrons. The van der Waals surface area contributed by atoms with E-state index in [0.717, 1.165) is 11.1 Å². The Labute approximate surface area is 150 Å². The molecule has 5 nitrogen and oxygen atoms in total. The molecule has 0 radical (unpaired) electrons. The number of aromatic nitrogens is 2. The van der Waals surface area contributed by atoms with Crippen LogP contribution in [0.15, 0.2) is 67.1 Å². The van der Waals surface area contributed by atoms with E-state index in [9.17, 15) is 9.90 Å². The van der Waals surface area contributed by atoms with E-state index in [1.165, 1.54) is 6.08 Å². The lowest BCUT2D eigenvalue weighted by Crippen LogP contribution is -2.08. The number of halogens is 1. The van der Waals surface area contributed by atoms with Gasteiger partial charge < -0.3 is 15.0 Å². The fourth-order valence-electron chi connectivity index (χ4n) is 2.28. The second-order valence-electron chi connectivity index (χ2n) is 5.48. The molecular weight excluding hydrogens is 338 g/mol. The summed E-state index contributed by atoms with van der Waals surface area (Å²) in [6, 6.07) is 14.2. The van der Waals surface area contributed by atoms with Crippen LogP contribution < -0.4 is 5.32 Å². The van der Waals surface area contributed by atoms with Crippen molar-refractivity contribution in [3.05, 3.63) is 83.3 Å². The fraction of sp³-hybridized carbons (Fsp3) is 0.0526. The summed E-state index contributed by atoms with van der Waals surface area (Å²) >= 11 is 5.98. The SMILES string of the molecule is O=C(/C=C/c1ccc(O)cc1)Nc1cn(Cc2cccc(Cl)c2)cn1. The Morgan fingerprint density at radius 3 is 2.80 bits per heavy atom. The Morgan fingerprint density at radius 1 is 1.24 bits per heavy atom. The van der Waals surface area contributed by atoms with Gasteiger partial charge in [-0.3, -0.25) is 4.79 Å². The van der Waals surface area contributed by atoms with Crippen LogP contribution in [0.2, 0.25) is 5.02 Å². The summed E-state index contributed by atoms with van der Waals surface area (Å²) in [5, 5.41) is 12.6. The predicted octanol–water partition coefficient (Wildman–Crippen LogP) is 3.94. The predicted molar refractivity (Wildman–Crippen MR) is 98.6 cm³/mol. The second-order valence-corrected chi connectivity index (χ2v) is 5.91. The number of phenols is 1. The molecule has 25 heavy (non-hydrogen) atoms. The molecule has 0 aliphatic rings. The van der Waals surface area contributed by atoms with Crippen molar-refractivity contribution in [2.75, 3.05) is 5.32 Å². The normalized spacial score (nSPS) is 10.9. The average Bonchev–Trinajstić information content (AvgIpc) is 3.01. The van der Waals surface area contributed by atoms with Gasteiger partial charge in [0.15, 0.2) is 5.82 Å². The van der Waals surface area contributed by atoms with Gasteiger partial charge in [0.1, 0.15) is 5.75 Å². The van der Waals surface area contributed by atoms with Gasteiger partial charge in [-0.15, -0.1) is 0 Å². The Morgan fingerprint density at radius 2 is 2.04 bits per heavy atom. The number of nitrogens with one attached hydrogen (secondary N) is 1. The third-order valence-corrected chi connectivity index (χ3v) is 3.69. The standard InChI is InChI=1S/C19H16ClN3O2/c20-16-3-1-2-15(10-16)11-23-12-18(21-13-23)22-19(25)9-6-14-4-7-17(24)8-5-14/h1-10,12-13,24H,11H2,(H,22,25)/b9-6+. The third kappa shape index (κ3) is 4.96. The number of amides is 1. The minimum atomic E-state index is -0.277. The number of hydrogen-bond donors (Lipinski definition) is 2. The minimum Gasteiger partial charge on any atom is -0.508 e. The molecular formula is C19H16ClN3O2. The van der Waals surface area contributed by atoms with E-state index in [-0.39, 0.29) is 11.7 Å². The summed E-state index contributed by atoms with van der Waals surface area (Å²) < 4.78 is 1.87. The second kappa shape index (κ2) is 7.68. The molecule has 2 aromatic carbocycles. The maximum atomic E-state index is 12.0. The van der Waals surface area contributed by atoms with E-state index >= 15 is 0 Å². The average molecular weight is 354 g/mol. The topological polar surface area (TPSA) is 67.2 Å². The van der Waals surface area contributed by atoms with Crippen molar-refractivity contribution in [2.24, 2.45) is 0 Å². The van der Waals surface area contributed by atoms with E-state index < -0.39 is 0 Å². The molecule has 0 spiro atoms. The first kappa shape index (κ1) is 16.8. The van der Waals surface area contributed by atoms with Crippen LogP contribution >= 0.6 is 11.6 Å². The van der Waals surface area contributed by atoms with Crippen molar-refractivity contribution < 1.29 is 9.90 Å². The van der Waals surface area contributed by atoms with Crippen LogP contribution in [0, 0.1) is 0 Å². The van der Waals surface area contributed by atoms with Gasteiger partial charge in [0.2, 0.25) is 5.91 Å². The Balaban J connectivity index is 1.59. The van der Waals surface area contributed by atoms with Crippen LogP contribution in [0.25, 0.3) is 6.08 Å². The zero-order chi connectivity index (χ0) is 17.6. The number of imidazole rings is 1. The van der Waals surface area contributed by atoms with Gasteiger partial charge in [0.25, 0.3) is 0 Å². The van der Waals surface area contributed by atoms with E-state index in [1.54, 1.807) is 42.9 Å². The van der Waals surface area contributed by atoms with Gasteiger partial charge in [-0.1, -0.05) is 35.9 Å². The monoisotopic (exact) mass is 353 g/mol. The summed E-state index contributed by atoms with van der Waals surface area (Å²) in [5.41, 5.74) is 1.87. The van der Waals surface area contributed by atoms with Gasteiger partial charge in [0, 0.05) is 23.8 Å². The van der Waals surface area contributed by atoms with Crippen molar-refractivity contribution >= 4 is 29.4 Å². The highest BCUT2D eigenvalue weighted by atomic mass is 35.5. The highest BCUT2D eigenvalue weighted by Gasteiger charge is 2.03. The first-order valence-corrected chi connectivity index (χ1v) is 8.00. The smallest absolute Gasteiger partial charge is 0.249 e. The summed E-state index contributed by atoms with van der Waals surface area (Å²) in [6.07, 6.45) is 6.49. The molecule has 0 atom stereocenters. The number of benzene rings is 2. The Hall–Kier alpha value is -3.05. The molecule has 0 bridgehead atoms. The van der Waals surface area contributed by atoms with Crippen molar-refractivity contribution in [1.82, 2.24) is 9.55 Å².